The lowest BCUT2D eigenvalue weighted by Crippen LogP contribution is -2.32. The van der Waals surface area contributed by atoms with Crippen LogP contribution in [0, 0.1) is 5.92 Å². The molecule has 4 atom stereocenters. The van der Waals surface area contributed by atoms with Gasteiger partial charge in [-0.25, -0.2) is 9.36 Å². The molecule has 1 aromatic rings. The largest absolute Gasteiger partial charge is 0.507 e. The van der Waals surface area contributed by atoms with E-state index in [2.05, 4.69) is 9.84 Å². The van der Waals surface area contributed by atoms with Crippen molar-refractivity contribution in [2.75, 3.05) is 18.5 Å². The van der Waals surface area contributed by atoms with Gasteiger partial charge in [-0.3, -0.25) is 9.32 Å². The Morgan fingerprint density at radius 3 is 2.55 bits per heavy atom. The van der Waals surface area contributed by atoms with Crippen molar-refractivity contribution in [3.63, 3.8) is 0 Å². The first kappa shape index (κ1) is 26.7. The van der Waals surface area contributed by atoms with Gasteiger partial charge in [0, 0.05) is 24.2 Å². The van der Waals surface area contributed by atoms with E-state index in [1.807, 2.05) is 0 Å². The van der Waals surface area contributed by atoms with Gasteiger partial charge in [0.25, 0.3) is 0 Å². The Balaban J connectivity index is 2.36. The molecular weight excluding hydrogens is 457 g/mol. The number of carbonyl (C=O) groups excluding carboxylic acids is 2. The zero-order valence-corrected chi connectivity index (χ0v) is 19.0. The number of cyclic esters (lactones) is 1. The number of fused-ring (bicyclic) bond motifs is 1. The molecule has 0 aromatic heterocycles. The minimum Gasteiger partial charge on any atom is -0.507 e. The number of phenolic OH excluding ortho intramolecular Hbond substituents is 1. The highest BCUT2D eigenvalue weighted by Crippen LogP contribution is 2.35. The molecule has 11 nitrogen and oxygen atoms in total. The zero-order chi connectivity index (χ0) is 24.8. The van der Waals surface area contributed by atoms with Crippen molar-refractivity contribution in [3.8, 4) is 5.75 Å². The van der Waals surface area contributed by atoms with Gasteiger partial charge in [0.1, 0.15) is 23.5 Å². The van der Waals surface area contributed by atoms with Gasteiger partial charge in [-0.1, -0.05) is 25.2 Å². The van der Waals surface area contributed by atoms with Crippen molar-refractivity contribution in [1.29, 1.82) is 0 Å². The van der Waals surface area contributed by atoms with E-state index in [-0.39, 0.29) is 30.7 Å². The van der Waals surface area contributed by atoms with Crippen LogP contribution in [0.4, 0.5) is 5.69 Å². The number of phosphoric ester groups is 1. The van der Waals surface area contributed by atoms with Crippen molar-refractivity contribution < 1.29 is 48.5 Å². The van der Waals surface area contributed by atoms with E-state index >= 15 is 0 Å². The number of ether oxygens (including phenoxy) is 1. The molecule has 0 saturated heterocycles. The molecule has 12 heteroatoms. The first-order valence-corrected chi connectivity index (χ1v) is 11.7. The molecule has 182 valence electrons. The molecule has 0 amide bonds. The monoisotopic (exact) mass is 485 g/mol. The van der Waals surface area contributed by atoms with Gasteiger partial charge >= 0.3 is 13.8 Å². The number of aliphatic hydroxyl groups excluding tert-OH is 2. The molecule has 0 saturated carbocycles. The number of aliphatic hydroxyl groups is 2. The van der Waals surface area contributed by atoms with Crippen molar-refractivity contribution in [2.45, 2.75) is 38.6 Å². The number of nitrogens with one attached hydrogen (secondary N) is 1. The SMILES string of the molecule is C[C@@H]1/C=C\C(=O)[C@@H](O)[C@@H](O)C/C=C/c2cc(NCCOP(=O)(O)O)cc(O)c2C(=O)O[C@H]1C. The highest BCUT2D eigenvalue weighted by molar-refractivity contribution is 7.46. The predicted octanol–water partition coefficient (Wildman–Crippen LogP) is 1.36. The Morgan fingerprint density at radius 1 is 1.18 bits per heavy atom. The lowest BCUT2D eigenvalue weighted by atomic mass is 9.99. The van der Waals surface area contributed by atoms with E-state index in [4.69, 9.17) is 14.5 Å². The average Bonchev–Trinajstić information content (AvgIpc) is 2.72. The topological polar surface area (TPSA) is 183 Å². The highest BCUT2D eigenvalue weighted by Gasteiger charge is 2.25. The highest BCUT2D eigenvalue weighted by atomic mass is 31.2. The Morgan fingerprint density at radius 2 is 1.88 bits per heavy atom. The summed E-state index contributed by atoms with van der Waals surface area (Å²) < 4.78 is 20.5. The van der Waals surface area contributed by atoms with Crippen LogP contribution >= 0.6 is 7.82 Å². The van der Waals surface area contributed by atoms with Crippen molar-refractivity contribution in [1.82, 2.24) is 0 Å². The fraction of sp³-hybridized carbons (Fsp3) is 0.429. The number of phosphoric acid groups is 1. The predicted molar refractivity (Wildman–Crippen MR) is 118 cm³/mol. The van der Waals surface area contributed by atoms with Crippen molar-refractivity contribution in [3.05, 3.63) is 41.5 Å². The number of hydrogen-bond donors (Lipinski definition) is 6. The Labute approximate surface area is 190 Å². The Hall–Kier alpha value is -2.53. The number of anilines is 1. The smallest absolute Gasteiger partial charge is 0.469 e. The number of rotatable bonds is 5. The molecule has 2 rings (SSSR count). The molecule has 1 heterocycles. The summed E-state index contributed by atoms with van der Waals surface area (Å²) >= 11 is 0. The number of ketones is 1. The fourth-order valence-corrected chi connectivity index (χ4v) is 3.28. The summed E-state index contributed by atoms with van der Waals surface area (Å²) in [5.74, 6) is -2.29. The number of aromatic hydroxyl groups is 1. The lowest BCUT2D eigenvalue weighted by Gasteiger charge is -2.20. The molecular formula is C21H28NO10P. The third-order valence-corrected chi connectivity index (χ3v) is 5.49. The Bertz CT molecular complexity index is 970. The van der Waals surface area contributed by atoms with Crippen LogP contribution in [0.5, 0.6) is 5.75 Å². The summed E-state index contributed by atoms with van der Waals surface area (Å²) in [7, 11) is -4.62. The van der Waals surface area contributed by atoms with Crippen LogP contribution in [0.3, 0.4) is 0 Å². The number of esters is 1. The van der Waals surface area contributed by atoms with Gasteiger partial charge in [0.05, 0.1) is 12.7 Å². The van der Waals surface area contributed by atoms with Crippen LogP contribution < -0.4 is 5.32 Å². The Kier molecular flexibility index (Phi) is 9.35. The molecule has 1 aromatic carbocycles. The molecule has 0 spiro atoms. The van der Waals surface area contributed by atoms with Crippen LogP contribution in [-0.2, 0) is 18.6 Å². The molecule has 1 aliphatic rings. The van der Waals surface area contributed by atoms with Crippen LogP contribution in [-0.4, -0.2) is 68.3 Å². The van der Waals surface area contributed by atoms with E-state index in [0.29, 0.717) is 5.69 Å². The fourth-order valence-electron chi connectivity index (χ4n) is 2.95. The van der Waals surface area contributed by atoms with Gasteiger partial charge in [-0.2, -0.15) is 0 Å². The van der Waals surface area contributed by atoms with E-state index in [1.54, 1.807) is 13.8 Å². The van der Waals surface area contributed by atoms with Gasteiger partial charge in [0.15, 0.2) is 5.78 Å². The van der Waals surface area contributed by atoms with E-state index in [1.165, 1.54) is 30.4 Å². The van der Waals surface area contributed by atoms with Crippen LogP contribution in [0.15, 0.2) is 30.4 Å². The van der Waals surface area contributed by atoms with Gasteiger partial charge in [-0.05, 0) is 31.1 Å². The third kappa shape index (κ3) is 8.08. The number of hydrogen-bond acceptors (Lipinski definition) is 9. The second-order valence-electron chi connectivity index (χ2n) is 7.59. The van der Waals surface area contributed by atoms with Crippen LogP contribution in [0.25, 0.3) is 6.08 Å². The summed E-state index contributed by atoms with van der Waals surface area (Å²) in [5.41, 5.74) is 0.410. The maximum Gasteiger partial charge on any atom is 0.469 e. The van der Waals surface area contributed by atoms with Gasteiger partial charge in [-0.15, -0.1) is 0 Å². The van der Waals surface area contributed by atoms with E-state index in [0.717, 1.165) is 6.08 Å². The molecule has 0 radical (unpaired) electrons. The molecule has 0 fully saturated rings. The average molecular weight is 485 g/mol. The van der Waals surface area contributed by atoms with Gasteiger partial charge in [0.2, 0.25) is 0 Å². The molecule has 1 aliphatic heterocycles. The minimum absolute atomic E-state index is 0.00853. The van der Waals surface area contributed by atoms with E-state index in [9.17, 15) is 29.5 Å². The van der Waals surface area contributed by atoms with Crippen LogP contribution in [0.2, 0.25) is 0 Å². The standard InChI is InChI=1S/C21H28NO10P/c1-12-6-7-17(24)20(26)16(23)5-3-4-14-10-15(22-8-9-31-33(28,29)30)11-18(25)19(14)21(27)32-13(12)2/h3-4,6-7,10-13,16,20,22-23,25-26H,5,8-9H2,1-2H3,(H2,28,29,30)/b4-3+,7-6-/t12-,13+,16+,20+/m1/s1. The molecule has 0 aliphatic carbocycles. The van der Waals surface area contributed by atoms with Crippen molar-refractivity contribution in [2.24, 2.45) is 5.92 Å². The summed E-state index contributed by atoms with van der Waals surface area (Å²) in [6.07, 6.45) is 1.64. The molecule has 0 bridgehead atoms. The normalized spacial score (nSPS) is 26.6. The number of benzene rings is 1. The van der Waals surface area contributed by atoms with Crippen molar-refractivity contribution >= 4 is 31.3 Å². The van der Waals surface area contributed by atoms with E-state index < -0.39 is 49.6 Å². The summed E-state index contributed by atoms with van der Waals surface area (Å²) in [6.45, 7) is 2.98. The summed E-state index contributed by atoms with van der Waals surface area (Å²) in [6, 6.07) is 2.73. The third-order valence-electron chi connectivity index (χ3n) is 4.97. The van der Waals surface area contributed by atoms with Gasteiger partial charge < -0.3 is 35.2 Å². The first-order chi connectivity index (χ1) is 15.4. The molecule has 0 unspecified atom stereocenters. The van der Waals surface area contributed by atoms with Crippen LogP contribution in [0.1, 0.15) is 36.2 Å². The lowest BCUT2D eigenvalue weighted by molar-refractivity contribution is -0.127. The maximum absolute atomic E-state index is 12.8. The minimum atomic E-state index is -4.62. The molecule has 33 heavy (non-hydrogen) atoms. The maximum atomic E-state index is 12.8. The first-order valence-electron chi connectivity index (χ1n) is 10.2. The quantitative estimate of drug-likeness (QED) is 0.201. The number of phenols is 1. The zero-order valence-electron chi connectivity index (χ0n) is 18.1. The number of carbonyl (C=O) groups is 2. The summed E-state index contributed by atoms with van der Waals surface area (Å²) in [4.78, 5) is 42.3. The second-order valence-corrected chi connectivity index (χ2v) is 8.83. The summed E-state index contributed by atoms with van der Waals surface area (Å²) in [5, 5.41) is 33.4. The molecule has 6 N–H and O–H groups in total. The second kappa shape index (κ2) is 11.6.